The van der Waals surface area contributed by atoms with E-state index in [0.717, 1.165) is 56.5 Å². The van der Waals surface area contributed by atoms with Gasteiger partial charge in [-0.15, -0.1) is 11.3 Å². The Morgan fingerprint density at radius 3 is 2.84 bits per heavy atom. The Morgan fingerprint density at radius 1 is 1.16 bits per heavy atom. The summed E-state index contributed by atoms with van der Waals surface area (Å²) < 4.78 is 7.55. The summed E-state index contributed by atoms with van der Waals surface area (Å²) in [5.41, 5.74) is 12.1. The average Bonchev–Trinajstić information content (AvgIpc) is 3.49. The Balaban J connectivity index is 1.62. The second-order valence-electron chi connectivity index (χ2n) is 7.44. The minimum Gasteiger partial charge on any atom is -0.489 e. The van der Waals surface area contributed by atoms with Crippen LogP contribution in [0, 0.1) is 0 Å². The molecule has 2 aromatic carbocycles. The molecule has 0 radical (unpaired) electrons. The van der Waals surface area contributed by atoms with Crippen LogP contribution in [0.5, 0.6) is 5.75 Å². The fourth-order valence-corrected chi connectivity index (χ4v) is 4.52. The van der Waals surface area contributed by atoms with Gasteiger partial charge in [0, 0.05) is 43.6 Å². The second kappa shape index (κ2) is 8.76. The van der Waals surface area contributed by atoms with Gasteiger partial charge in [0.05, 0.1) is 26.6 Å². The van der Waals surface area contributed by atoms with E-state index in [-0.39, 0.29) is 6.10 Å². The molecule has 0 saturated carbocycles. The summed E-state index contributed by atoms with van der Waals surface area (Å²) >= 11 is 1.61. The summed E-state index contributed by atoms with van der Waals surface area (Å²) in [5, 5.41) is 4.28. The molecule has 8 heteroatoms. The summed E-state index contributed by atoms with van der Waals surface area (Å²) in [5.74, 6) is 1.41. The van der Waals surface area contributed by atoms with Crippen LogP contribution in [0.3, 0.4) is 0 Å². The number of benzene rings is 2. The molecule has 0 spiro atoms. The largest absolute Gasteiger partial charge is 0.489 e. The van der Waals surface area contributed by atoms with Gasteiger partial charge in [-0.1, -0.05) is 12.2 Å². The predicted molar refractivity (Wildman–Crippen MR) is 132 cm³/mol. The topological polar surface area (TPSA) is 98.3 Å². The van der Waals surface area contributed by atoms with Gasteiger partial charge in [0.1, 0.15) is 24.0 Å². The lowest BCUT2D eigenvalue weighted by Crippen LogP contribution is -2.12. The normalized spacial score (nSPS) is 14.7. The SMILES string of the molecule is CN=C/C(=C\N)c1cc(OC2CC=CC2)c2c(Nc3ccc4ncsc4c3)ncnc2c1. The number of rotatable bonds is 6. The van der Waals surface area contributed by atoms with E-state index in [0.29, 0.717) is 5.82 Å². The van der Waals surface area contributed by atoms with E-state index in [1.54, 1.807) is 37.1 Å². The molecular weight excluding hydrogens is 420 g/mol. The first-order valence-corrected chi connectivity index (χ1v) is 11.2. The number of fused-ring (bicyclic) bond motifs is 2. The van der Waals surface area contributed by atoms with Crippen molar-refractivity contribution < 1.29 is 4.74 Å². The molecule has 0 bridgehead atoms. The number of hydrogen-bond acceptors (Lipinski definition) is 8. The van der Waals surface area contributed by atoms with E-state index in [2.05, 4.69) is 43.5 Å². The summed E-state index contributed by atoms with van der Waals surface area (Å²) in [6.07, 6.45) is 10.9. The highest BCUT2D eigenvalue weighted by Crippen LogP contribution is 2.36. The molecule has 0 aliphatic heterocycles. The number of anilines is 2. The highest BCUT2D eigenvalue weighted by atomic mass is 32.1. The van der Waals surface area contributed by atoms with Gasteiger partial charge in [-0.3, -0.25) is 4.99 Å². The number of ether oxygens (including phenoxy) is 1. The number of nitrogens with one attached hydrogen (secondary N) is 1. The molecule has 32 heavy (non-hydrogen) atoms. The Kier molecular flexibility index (Phi) is 5.51. The number of aliphatic imine (C=N–C) groups is 1. The molecule has 5 rings (SSSR count). The molecule has 1 aliphatic carbocycles. The molecule has 1 aliphatic rings. The van der Waals surface area contributed by atoms with Gasteiger partial charge < -0.3 is 15.8 Å². The van der Waals surface area contributed by atoms with Crippen LogP contribution in [-0.2, 0) is 0 Å². The third kappa shape index (κ3) is 3.92. The van der Waals surface area contributed by atoms with Crippen LogP contribution in [0.2, 0.25) is 0 Å². The van der Waals surface area contributed by atoms with Crippen molar-refractivity contribution in [1.29, 1.82) is 0 Å². The number of thiazole rings is 1. The minimum absolute atomic E-state index is 0.0835. The summed E-state index contributed by atoms with van der Waals surface area (Å²) in [7, 11) is 1.72. The van der Waals surface area contributed by atoms with Crippen LogP contribution in [0.4, 0.5) is 11.5 Å². The first-order valence-electron chi connectivity index (χ1n) is 10.3. The van der Waals surface area contributed by atoms with E-state index in [4.69, 9.17) is 10.5 Å². The fraction of sp³-hybridized carbons (Fsp3) is 0.167. The average molecular weight is 443 g/mol. The number of nitrogens with two attached hydrogens (primary N) is 1. The molecule has 0 atom stereocenters. The van der Waals surface area contributed by atoms with Gasteiger partial charge in [0.15, 0.2) is 0 Å². The Morgan fingerprint density at radius 2 is 2.03 bits per heavy atom. The summed E-state index contributed by atoms with van der Waals surface area (Å²) in [6.45, 7) is 0. The molecule has 2 aromatic heterocycles. The van der Waals surface area contributed by atoms with Crippen LogP contribution in [0.25, 0.3) is 26.7 Å². The molecule has 160 valence electrons. The van der Waals surface area contributed by atoms with Crippen molar-refractivity contribution >= 4 is 55.7 Å². The third-order valence-corrected chi connectivity index (χ3v) is 6.13. The maximum atomic E-state index is 6.44. The maximum Gasteiger partial charge on any atom is 0.145 e. The van der Waals surface area contributed by atoms with E-state index >= 15 is 0 Å². The van der Waals surface area contributed by atoms with Gasteiger partial charge >= 0.3 is 0 Å². The molecular formula is C24H22N6OS. The fourth-order valence-electron chi connectivity index (χ4n) is 3.80. The summed E-state index contributed by atoms with van der Waals surface area (Å²) in [6, 6.07) is 10.0. The van der Waals surface area contributed by atoms with Crippen molar-refractivity contribution in [1.82, 2.24) is 15.0 Å². The molecule has 0 unspecified atom stereocenters. The Bertz CT molecular complexity index is 1370. The highest BCUT2D eigenvalue weighted by Gasteiger charge is 2.19. The Hall–Kier alpha value is -3.78. The molecule has 7 nitrogen and oxygen atoms in total. The molecule has 2 heterocycles. The van der Waals surface area contributed by atoms with Gasteiger partial charge in [0.25, 0.3) is 0 Å². The van der Waals surface area contributed by atoms with E-state index in [1.807, 2.05) is 29.8 Å². The Labute approximate surface area is 189 Å². The smallest absolute Gasteiger partial charge is 0.145 e. The number of nitrogens with zero attached hydrogens (tertiary/aromatic N) is 4. The zero-order valence-electron chi connectivity index (χ0n) is 17.5. The molecule has 4 aromatic rings. The maximum absolute atomic E-state index is 6.44. The quantitative estimate of drug-likeness (QED) is 0.319. The lowest BCUT2D eigenvalue weighted by molar-refractivity contribution is 0.219. The van der Waals surface area contributed by atoms with Crippen LogP contribution in [-0.4, -0.2) is 34.3 Å². The minimum atomic E-state index is 0.0835. The predicted octanol–water partition coefficient (Wildman–Crippen LogP) is 5.08. The highest BCUT2D eigenvalue weighted by molar-refractivity contribution is 7.16. The van der Waals surface area contributed by atoms with Crippen molar-refractivity contribution in [2.75, 3.05) is 12.4 Å². The first-order chi connectivity index (χ1) is 15.7. The first kappa shape index (κ1) is 20.1. The van der Waals surface area contributed by atoms with Crippen molar-refractivity contribution in [3.63, 3.8) is 0 Å². The van der Waals surface area contributed by atoms with Gasteiger partial charge in [0.2, 0.25) is 0 Å². The van der Waals surface area contributed by atoms with E-state index in [1.165, 1.54) is 0 Å². The van der Waals surface area contributed by atoms with Crippen LogP contribution >= 0.6 is 11.3 Å². The standard InChI is InChI=1S/C24H22N6OS/c1-26-12-16(11-25)15-8-20-23(21(9-15)31-18-4-2-3-5-18)24(28-13-27-20)30-17-6-7-19-22(10-17)32-14-29-19/h2-3,6-14,18H,4-5,25H2,1H3,(H,27,28,30)/b16-11+,26-12?. The number of aromatic nitrogens is 3. The van der Waals surface area contributed by atoms with Crippen molar-refractivity contribution in [2.45, 2.75) is 18.9 Å². The zero-order chi connectivity index (χ0) is 21.9. The third-order valence-electron chi connectivity index (χ3n) is 5.34. The van der Waals surface area contributed by atoms with Gasteiger partial charge in [-0.25, -0.2) is 15.0 Å². The van der Waals surface area contributed by atoms with Crippen LogP contribution in [0.15, 0.2) is 65.5 Å². The molecule has 0 fully saturated rings. The van der Waals surface area contributed by atoms with Crippen molar-refractivity contribution in [2.24, 2.45) is 10.7 Å². The molecule has 0 amide bonds. The van der Waals surface area contributed by atoms with Gasteiger partial charge in [-0.05, 0) is 35.9 Å². The van der Waals surface area contributed by atoms with E-state index < -0.39 is 0 Å². The van der Waals surface area contributed by atoms with Crippen molar-refractivity contribution in [3.8, 4) is 5.75 Å². The molecule has 0 saturated heterocycles. The van der Waals surface area contributed by atoms with Crippen LogP contribution in [0.1, 0.15) is 18.4 Å². The molecule has 3 N–H and O–H groups in total. The van der Waals surface area contributed by atoms with Crippen LogP contribution < -0.4 is 15.8 Å². The number of hydrogen-bond donors (Lipinski definition) is 2. The van der Waals surface area contributed by atoms with Gasteiger partial charge in [-0.2, -0.15) is 0 Å². The monoisotopic (exact) mass is 442 g/mol. The summed E-state index contributed by atoms with van der Waals surface area (Å²) in [4.78, 5) is 17.5. The lowest BCUT2D eigenvalue weighted by Gasteiger charge is -2.18. The lowest BCUT2D eigenvalue weighted by atomic mass is 10.0. The second-order valence-corrected chi connectivity index (χ2v) is 8.33. The van der Waals surface area contributed by atoms with Crippen molar-refractivity contribution in [3.05, 3.63) is 66.1 Å². The van der Waals surface area contributed by atoms with E-state index in [9.17, 15) is 0 Å². The number of allylic oxidation sites excluding steroid dienone is 1. The zero-order valence-corrected chi connectivity index (χ0v) is 18.3.